The second-order valence-electron chi connectivity index (χ2n) is 5.80. The molecule has 2 rings (SSSR count). The summed E-state index contributed by atoms with van der Waals surface area (Å²) >= 11 is 0. The minimum Gasteiger partial charge on any atom is -0.381 e. The highest BCUT2D eigenvalue weighted by Gasteiger charge is 2.13. The highest BCUT2D eigenvalue weighted by Crippen LogP contribution is 2.14. The van der Waals surface area contributed by atoms with Crippen LogP contribution in [0.1, 0.15) is 37.3 Å². The number of rotatable bonds is 7. The largest absolute Gasteiger partial charge is 0.381 e. The molecule has 1 aliphatic rings. The first-order valence-electron chi connectivity index (χ1n) is 8.53. The maximum absolute atomic E-state index is 5.99. The Morgan fingerprint density at radius 1 is 1.26 bits per heavy atom. The van der Waals surface area contributed by atoms with Gasteiger partial charge in [-0.3, -0.25) is 4.99 Å². The van der Waals surface area contributed by atoms with Crippen LogP contribution in [0, 0.1) is 0 Å². The predicted octanol–water partition coefficient (Wildman–Crippen LogP) is 2.46. The van der Waals surface area contributed by atoms with Gasteiger partial charge in [-0.25, -0.2) is 0 Å². The van der Waals surface area contributed by atoms with E-state index < -0.39 is 0 Å². The number of aliphatic imine (C=N–C) groups is 1. The van der Waals surface area contributed by atoms with Crippen LogP contribution in [-0.2, 0) is 22.6 Å². The average molecular weight is 319 g/mol. The van der Waals surface area contributed by atoms with E-state index in [2.05, 4.69) is 46.8 Å². The lowest BCUT2D eigenvalue weighted by Gasteiger charge is -2.22. The van der Waals surface area contributed by atoms with E-state index >= 15 is 0 Å². The topological polar surface area (TPSA) is 54.9 Å². The molecule has 0 spiro atoms. The first-order valence-corrected chi connectivity index (χ1v) is 8.53. The molecule has 0 radical (unpaired) electrons. The van der Waals surface area contributed by atoms with Crippen LogP contribution in [0.2, 0.25) is 0 Å². The van der Waals surface area contributed by atoms with Crippen LogP contribution in [-0.4, -0.2) is 38.9 Å². The number of nitrogens with one attached hydrogen (secondary N) is 2. The lowest BCUT2D eigenvalue weighted by molar-refractivity contribution is -0.0390. The van der Waals surface area contributed by atoms with Crippen molar-refractivity contribution in [3.63, 3.8) is 0 Å². The highest BCUT2D eigenvalue weighted by atomic mass is 16.5. The van der Waals surface area contributed by atoms with Crippen molar-refractivity contribution in [3.8, 4) is 0 Å². The Morgan fingerprint density at radius 2 is 2.04 bits per heavy atom. The Bertz CT molecular complexity index is 485. The van der Waals surface area contributed by atoms with Crippen LogP contribution in [0.25, 0.3) is 0 Å². The minimum atomic E-state index is 0.336. The molecule has 128 valence electrons. The fraction of sp³-hybridized carbons (Fsp3) is 0.611. The molecule has 1 fully saturated rings. The molecule has 5 heteroatoms. The molecule has 1 heterocycles. The molecule has 0 bridgehead atoms. The van der Waals surface area contributed by atoms with E-state index in [-0.39, 0.29) is 0 Å². The van der Waals surface area contributed by atoms with E-state index in [0.717, 1.165) is 51.5 Å². The summed E-state index contributed by atoms with van der Waals surface area (Å²) in [6.45, 7) is 6.13. The van der Waals surface area contributed by atoms with Gasteiger partial charge in [0.15, 0.2) is 5.96 Å². The quantitative estimate of drug-likeness (QED) is 0.599. The lowest BCUT2D eigenvalue weighted by atomic mass is 10.1. The zero-order valence-corrected chi connectivity index (χ0v) is 14.3. The summed E-state index contributed by atoms with van der Waals surface area (Å²) in [5.41, 5.74) is 2.45. The summed E-state index contributed by atoms with van der Waals surface area (Å²) in [5, 5.41) is 6.61. The number of hydrogen-bond donors (Lipinski definition) is 2. The summed E-state index contributed by atoms with van der Waals surface area (Å²) in [6, 6.07) is 8.52. The van der Waals surface area contributed by atoms with Crippen molar-refractivity contribution in [1.29, 1.82) is 0 Å². The molecule has 23 heavy (non-hydrogen) atoms. The Labute approximate surface area is 139 Å². The van der Waals surface area contributed by atoms with Crippen molar-refractivity contribution < 1.29 is 9.47 Å². The standard InChI is InChI=1S/C18H29N3O2/c1-3-9-20-18(19-2)21-13-15-5-4-6-16(12-15)14-23-17-7-10-22-11-8-17/h4-6,12,17H,3,7-11,13-14H2,1-2H3,(H2,19,20,21). The fourth-order valence-electron chi connectivity index (χ4n) is 2.54. The van der Waals surface area contributed by atoms with Gasteiger partial charge in [0.05, 0.1) is 12.7 Å². The van der Waals surface area contributed by atoms with E-state index in [1.165, 1.54) is 11.1 Å². The maximum atomic E-state index is 5.99. The SMILES string of the molecule is CCCNC(=NC)NCc1cccc(COC2CCOCC2)c1. The van der Waals surface area contributed by atoms with Crippen LogP contribution in [0.15, 0.2) is 29.3 Å². The minimum absolute atomic E-state index is 0.336. The van der Waals surface area contributed by atoms with Gasteiger partial charge in [-0.1, -0.05) is 31.2 Å². The van der Waals surface area contributed by atoms with Gasteiger partial charge in [-0.15, -0.1) is 0 Å². The van der Waals surface area contributed by atoms with Crippen molar-refractivity contribution in [2.24, 2.45) is 4.99 Å². The number of hydrogen-bond acceptors (Lipinski definition) is 3. The predicted molar refractivity (Wildman–Crippen MR) is 93.6 cm³/mol. The maximum Gasteiger partial charge on any atom is 0.191 e. The number of benzene rings is 1. The number of nitrogens with zero attached hydrogens (tertiary/aromatic N) is 1. The summed E-state index contributed by atoms with van der Waals surface area (Å²) in [6.07, 6.45) is 3.42. The van der Waals surface area contributed by atoms with Gasteiger partial charge < -0.3 is 20.1 Å². The molecule has 0 aliphatic carbocycles. The van der Waals surface area contributed by atoms with Crippen molar-refractivity contribution >= 4 is 5.96 Å². The van der Waals surface area contributed by atoms with E-state index in [9.17, 15) is 0 Å². The molecule has 1 aromatic rings. The Hall–Kier alpha value is -1.59. The summed E-state index contributed by atoms with van der Waals surface area (Å²) in [5.74, 6) is 0.843. The van der Waals surface area contributed by atoms with Gasteiger partial charge in [0.1, 0.15) is 0 Å². The number of ether oxygens (including phenoxy) is 2. The first kappa shape index (κ1) is 17.8. The monoisotopic (exact) mass is 319 g/mol. The van der Waals surface area contributed by atoms with E-state index in [1.54, 1.807) is 7.05 Å². The molecule has 1 aromatic carbocycles. The smallest absolute Gasteiger partial charge is 0.191 e. The molecule has 2 N–H and O–H groups in total. The molecule has 1 aliphatic heterocycles. The second-order valence-corrected chi connectivity index (χ2v) is 5.80. The normalized spacial score (nSPS) is 16.3. The molecule has 0 unspecified atom stereocenters. The van der Waals surface area contributed by atoms with Crippen LogP contribution in [0.3, 0.4) is 0 Å². The van der Waals surface area contributed by atoms with Crippen molar-refractivity contribution in [3.05, 3.63) is 35.4 Å². The van der Waals surface area contributed by atoms with Gasteiger partial charge in [0, 0.05) is 33.4 Å². The summed E-state index contributed by atoms with van der Waals surface area (Å²) in [7, 11) is 1.79. The molecular weight excluding hydrogens is 290 g/mol. The van der Waals surface area contributed by atoms with Gasteiger partial charge >= 0.3 is 0 Å². The van der Waals surface area contributed by atoms with Crippen molar-refractivity contribution in [2.75, 3.05) is 26.8 Å². The summed E-state index contributed by atoms with van der Waals surface area (Å²) < 4.78 is 11.3. The first-order chi connectivity index (χ1) is 11.3. The lowest BCUT2D eigenvalue weighted by Crippen LogP contribution is -2.37. The van der Waals surface area contributed by atoms with E-state index in [0.29, 0.717) is 12.7 Å². The zero-order chi connectivity index (χ0) is 16.3. The molecule has 1 saturated heterocycles. The van der Waals surface area contributed by atoms with Crippen molar-refractivity contribution in [2.45, 2.75) is 45.4 Å². The van der Waals surface area contributed by atoms with Crippen molar-refractivity contribution in [1.82, 2.24) is 10.6 Å². The second kappa shape index (κ2) is 10.2. The third-order valence-corrected chi connectivity index (χ3v) is 3.87. The Morgan fingerprint density at radius 3 is 2.78 bits per heavy atom. The average Bonchev–Trinajstić information content (AvgIpc) is 2.61. The van der Waals surface area contributed by atoms with Crippen LogP contribution in [0.5, 0.6) is 0 Å². The molecule has 0 saturated carbocycles. The third-order valence-electron chi connectivity index (χ3n) is 3.87. The van der Waals surface area contributed by atoms with E-state index in [1.807, 2.05) is 0 Å². The fourth-order valence-corrected chi connectivity index (χ4v) is 2.54. The third kappa shape index (κ3) is 6.59. The highest BCUT2D eigenvalue weighted by molar-refractivity contribution is 5.79. The van der Waals surface area contributed by atoms with Gasteiger partial charge in [-0.2, -0.15) is 0 Å². The molecule has 5 nitrogen and oxygen atoms in total. The molecule has 0 atom stereocenters. The summed E-state index contributed by atoms with van der Waals surface area (Å²) in [4.78, 5) is 4.22. The Balaban J connectivity index is 1.79. The zero-order valence-electron chi connectivity index (χ0n) is 14.3. The van der Waals surface area contributed by atoms with Gasteiger partial charge in [-0.05, 0) is 30.4 Å². The van der Waals surface area contributed by atoms with Crippen LogP contribution < -0.4 is 10.6 Å². The Kier molecular flexibility index (Phi) is 7.90. The number of guanidine groups is 1. The van der Waals surface area contributed by atoms with Gasteiger partial charge in [0.2, 0.25) is 0 Å². The molecular formula is C18H29N3O2. The molecule has 0 aromatic heterocycles. The van der Waals surface area contributed by atoms with Crippen LogP contribution >= 0.6 is 0 Å². The van der Waals surface area contributed by atoms with E-state index in [4.69, 9.17) is 9.47 Å². The van der Waals surface area contributed by atoms with Crippen LogP contribution in [0.4, 0.5) is 0 Å². The van der Waals surface area contributed by atoms with Gasteiger partial charge in [0.25, 0.3) is 0 Å². The molecule has 0 amide bonds.